The van der Waals surface area contributed by atoms with E-state index < -0.39 is 0 Å². The van der Waals surface area contributed by atoms with Gasteiger partial charge in [-0.2, -0.15) is 0 Å². The Labute approximate surface area is 137 Å². The molecule has 0 spiro atoms. The molecule has 6 heteroatoms. The monoisotopic (exact) mass is 336 g/mol. The van der Waals surface area contributed by atoms with Crippen LogP contribution in [0, 0.1) is 6.92 Å². The lowest BCUT2D eigenvalue weighted by Crippen LogP contribution is -2.32. The summed E-state index contributed by atoms with van der Waals surface area (Å²) in [5.74, 6) is -0.0121. The van der Waals surface area contributed by atoms with Crippen molar-refractivity contribution < 1.29 is 4.79 Å². The van der Waals surface area contributed by atoms with E-state index in [2.05, 4.69) is 0 Å². The molecule has 0 bridgehead atoms. The Kier molecular flexibility index (Phi) is 3.97. The summed E-state index contributed by atoms with van der Waals surface area (Å²) >= 11 is 13.3. The van der Waals surface area contributed by atoms with Gasteiger partial charge in [0.25, 0.3) is 5.91 Å². The summed E-state index contributed by atoms with van der Waals surface area (Å²) in [5.41, 5.74) is 1.64. The van der Waals surface area contributed by atoms with E-state index in [1.54, 1.807) is 16.2 Å². The molecule has 1 amide bonds. The van der Waals surface area contributed by atoms with Gasteiger partial charge in [0.05, 0.1) is 12.2 Å². The maximum Gasteiger partial charge on any atom is 0.252 e. The van der Waals surface area contributed by atoms with Gasteiger partial charge >= 0.3 is 0 Å². The first-order valence-corrected chi connectivity index (χ1v) is 8.14. The number of benzene rings is 1. The van der Waals surface area contributed by atoms with Crippen molar-refractivity contribution in [1.29, 1.82) is 0 Å². The predicted molar refractivity (Wildman–Crippen MR) is 91.0 cm³/mol. The SMILES string of the molecule is Cc1c(Cl)cccc1N1C(=O)CN(Cc2cccs2)C1=S. The molecule has 0 aliphatic carbocycles. The summed E-state index contributed by atoms with van der Waals surface area (Å²) in [4.78, 5) is 17.0. The summed E-state index contributed by atoms with van der Waals surface area (Å²) in [6.45, 7) is 2.87. The van der Waals surface area contributed by atoms with E-state index >= 15 is 0 Å². The van der Waals surface area contributed by atoms with Gasteiger partial charge in [0.1, 0.15) is 6.54 Å². The molecule has 0 N–H and O–H groups in total. The largest absolute Gasteiger partial charge is 0.334 e. The first kappa shape index (κ1) is 14.5. The zero-order chi connectivity index (χ0) is 15.0. The first-order chi connectivity index (χ1) is 10.1. The number of thiocarbonyl (C=S) groups is 1. The minimum atomic E-state index is -0.0121. The highest BCUT2D eigenvalue weighted by atomic mass is 35.5. The van der Waals surface area contributed by atoms with Crippen LogP contribution in [0.2, 0.25) is 5.02 Å². The zero-order valence-corrected chi connectivity index (χ0v) is 13.8. The van der Waals surface area contributed by atoms with Gasteiger partial charge in [-0.25, -0.2) is 0 Å². The van der Waals surface area contributed by atoms with Gasteiger partial charge in [0, 0.05) is 9.90 Å². The zero-order valence-electron chi connectivity index (χ0n) is 11.4. The fraction of sp³-hybridized carbons (Fsp3) is 0.200. The van der Waals surface area contributed by atoms with Crippen LogP contribution < -0.4 is 4.90 Å². The molecule has 0 saturated carbocycles. The number of hydrogen-bond donors (Lipinski definition) is 0. The second-order valence-corrected chi connectivity index (χ2v) is 6.64. The molecule has 1 fully saturated rings. The normalized spacial score (nSPS) is 15.1. The minimum absolute atomic E-state index is 0.0121. The van der Waals surface area contributed by atoms with Crippen molar-refractivity contribution in [2.24, 2.45) is 0 Å². The Morgan fingerprint density at radius 1 is 1.33 bits per heavy atom. The second-order valence-electron chi connectivity index (χ2n) is 4.83. The van der Waals surface area contributed by atoms with Crippen LogP contribution in [-0.2, 0) is 11.3 Å². The van der Waals surface area contributed by atoms with Gasteiger partial charge in [-0.3, -0.25) is 9.69 Å². The molecule has 21 heavy (non-hydrogen) atoms. The highest BCUT2D eigenvalue weighted by Gasteiger charge is 2.34. The fourth-order valence-corrected chi connectivity index (χ4v) is 3.56. The maximum atomic E-state index is 12.3. The van der Waals surface area contributed by atoms with Crippen molar-refractivity contribution >= 4 is 51.9 Å². The number of thiophene rings is 1. The average Bonchev–Trinajstić information content (AvgIpc) is 3.04. The van der Waals surface area contributed by atoms with Gasteiger partial charge < -0.3 is 4.90 Å². The van der Waals surface area contributed by atoms with Gasteiger partial charge in [-0.15, -0.1) is 11.3 Å². The summed E-state index contributed by atoms with van der Waals surface area (Å²) in [7, 11) is 0. The summed E-state index contributed by atoms with van der Waals surface area (Å²) in [6.07, 6.45) is 0. The topological polar surface area (TPSA) is 23.6 Å². The van der Waals surface area contributed by atoms with E-state index in [9.17, 15) is 4.79 Å². The van der Waals surface area contributed by atoms with Crippen molar-refractivity contribution in [2.75, 3.05) is 11.4 Å². The van der Waals surface area contributed by atoms with Crippen LogP contribution in [0.5, 0.6) is 0 Å². The van der Waals surface area contributed by atoms with E-state index in [1.165, 1.54) is 4.88 Å². The van der Waals surface area contributed by atoms with Gasteiger partial charge in [-0.1, -0.05) is 23.7 Å². The van der Waals surface area contributed by atoms with Crippen LogP contribution in [0.25, 0.3) is 0 Å². The van der Waals surface area contributed by atoms with E-state index in [-0.39, 0.29) is 5.91 Å². The maximum absolute atomic E-state index is 12.3. The molecule has 3 rings (SSSR count). The third kappa shape index (κ3) is 2.69. The number of carbonyl (C=O) groups excluding carboxylic acids is 1. The molecule has 108 valence electrons. The van der Waals surface area contributed by atoms with Crippen molar-refractivity contribution in [3.8, 4) is 0 Å². The highest BCUT2D eigenvalue weighted by Crippen LogP contribution is 2.30. The molecular formula is C15H13ClN2OS2. The fourth-order valence-electron chi connectivity index (χ4n) is 2.34. The number of halogens is 1. The Morgan fingerprint density at radius 2 is 2.14 bits per heavy atom. The molecule has 1 aliphatic heterocycles. The second kappa shape index (κ2) is 5.75. The lowest BCUT2D eigenvalue weighted by atomic mass is 10.2. The van der Waals surface area contributed by atoms with E-state index in [4.69, 9.17) is 23.8 Å². The minimum Gasteiger partial charge on any atom is -0.334 e. The van der Waals surface area contributed by atoms with Crippen LogP contribution in [0.4, 0.5) is 5.69 Å². The van der Waals surface area contributed by atoms with Crippen LogP contribution in [0.1, 0.15) is 10.4 Å². The van der Waals surface area contributed by atoms with Crippen molar-refractivity contribution in [3.05, 3.63) is 51.2 Å². The Morgan fingerprint density at radius 3 is 2.86 bits per heavy atom. The van der Waals surface area contributed by atoms with Crippen LogP contribution >= 0.6 is 35.2 Å². The standard InChI is InChI=1S/C15H13ClN2OS2/c1-10-12(16)5-2-6-13(10)18-14(19)9-17(15(18)20)8-11-4-3-7-21-11/h2-7H,8-9H2,1H3. The molecule has 1 saturated heterocycles. The number of amides is 1. The molecule has 3 nitrogen and oxygen atoms in total. The van der Waals surface area contributed by atoms with Gasteiger partial charge in [0.2, 0.25) is 0 Å². The number of hydrogen-bond acceptors (Lipinski definition) is 3. The number of rotatable bonds is 3. The average molecular weight is 337 g/mol. The van der Waals surface area contributed by atoms with Crippen LogP contribution in [-0.4, -0.2) is 22.5 Å². The molecular weight excluding hydrogens is 324 g/mol. The molecule has 1 aromatic heterocycles. The van der Waals surface area contributed by atoms with E-state index in [0.717, 1.165) is 11.3 Å². The van der Waals surface area contributed by atoms with Crippen molar-refractivity contribution in [2.45, 2.75) is 13.5 Å². The number of carbonyl (C=O) groups is 1. The van der Waals surface area contributed by atoms with Crippen molar-refractivity contribution in [1.82, 2.24) is 4.90 Å². The molecule has 1 aliphatic rings. The molecule has 0 atom stereocenters. The lowest BCUT2D eigenvalue weighted by Gasteiger charge is -2.21. The lowest BCUT2D eigenvalue weighted by molar-refractivity contribution is -0.116. The Bertz CT molecular complexity index is 700. The number of anilines is 1. The van der Waals surface area contributed by atoms with Gasteiger partial charge in [0.15, 0.2) is 5.11 Å². The third-order valence-electron chi connectivity index (χ3n) is 3.44. The van der Waals surface area contributed by atoms with Crippen LogP contribution in [0.15, 0.2) is 35.7 Å². The predicted octanol–water partition coefficient (Wildman–Crippen LogP) is 3.84. The third-order valence-corrected chi connectivity index (χ3v) is 5.16. The molecule has 0 radical (unpaired) electrons. The molecule has 1 aromatic carbocycles. The van der Waals surface area contributed by atoms with Crippen molar-refractivity contribution in [3.63, 3.8) is 0 Å². The highest BCUT2D eigenvalue weighted by molar-refractivity contribution is 7.80. The molecule has 0 unspecified atom stereocenters. The molecule has 2 heterocycles. The number of nitrogens with zero attached hydrogens (tertiary/aromatic N) is 2. The summed E-state index contributed by atoms with van der Waals surface area (Å²) < 4.78 is 0. The molecule has 2 aromatic rings. The van der Waals surface area contributed by atoms with Crippen LogP contribution in [0.3, 0.4) is 0 Å². The Hall–Kier alpha value is -1.43. The van der Waals surface area contributed by atoms with Gasteiger partial charge in [-0.05, 0) is 48.3 Å². The van der Waals surface area contributed by atoms with E-state index in [0.29, 0.717) is 23.2 Å². The Balaban J connectivity index is 1.88. The summed E-state index contributed by atoms with van der Waals surface area (Å²) in [6, 6.07) is 9.57. The smallest absolute Gasteiger partial charge is 0.252 e. The quantitative estimate of drug-likeness (QED) is 0.795. The first-order valence-electron chi connectivity index (χ1n) is 6.47. The van der Waals surface area contributed by atoms with E-state index in [1.807, 2.05) is 47.5 Å². The summed E-state index contributed by atoms with van der Waals surface area (Å²) in [5, 5.41) is 3.20.